The summed E-state index contributed by atoms with van der Waals surface area (Å²) in [5, 5.41) is 4.46. The van der Waals surface area contributed by atoms with Gasteiger partial charge in [-0.15, -0.1) is 0 Å². The van der Waals surface area contributed by atoms with Gasteiger partial charge in [0.15, 0.2) is 6.20 Å². The molecule has 32 heavy (non-hydrogen) atoms. The maximum Gasteiger partial charge on any atom is 0.220 e. The van der Waals surface area contributed by atoms with Gasteiger partial charge in [-0.05, 0) is 59.9 Å². The van der Waals surface area contributed by atoms with E-state index in [-0.39, 0.29) is 0 Å². The molecule has 2 fully saturated rings. The van der Waals surface area contributed by atoms with E-state index < -0.39 is 8.07 Å². The highest BCUT2D eigenvalue weighted by Gasteiger charge is 2.35. The van der Waals surface area contributed by atoms with Gasteiger partial charge in [-0.3, -0.25) is 0 Å². The van der Waals surface area contributed by atoms with Crippen molar-refractivity contribution in [2.45, 2.75) is 89.3 Å². The van der Waals surface area contributed by atoms with Crippen molar-refractivity contribution in [3.63, 3.8) is 0 Å². The Kier molecular flexibility index (Phi) is 6.01. The first kappa shape index (κ1) is 21.9. The molecule has 1 heterocycles. The van der Waals surface area contributed by atoms with Crippen LogP contribution >= 0.6 is 0 Å². The van der Waals surface area contributed by atoms with E-state index in [0.717, 1.165) is 11.5 Å². The quantitative estimate of drug-likeness (QED) is 0.290. The third kappa shape index (κ3) is 3.96. The number of pyridine rings is 1. The van der Waals surface area contributed by atoms with Gasteiger partial charge < -0.3 is 0 Å². The fourth-order valence-corrected chi connectivity index (χ4v) is 9.94. The van der Waals surface area contributed by atoms with Crippen LogP contribution in [0, 0.1) is 6.92 Å². The number of aryl methyl sites for hydroxylation is 2. The summed E-state index contributed by atoms with van der Waals surface area (Å²) in [7, 11) is 0.792. The van der Waals surface area contributed by atoms with Gasteiger partial charge >= 0.3 is 0 Å². The predicted octanol–water partition coefficient (Wildman–Crippen LogP) is 7.55. The molecule has 0 saturated heterocycles. The van der Waals surface area contributed by atoms with E-state index in [1.165, 1.54) is 85.4 Å². The Balaban J connectivity index is 1.59. The maximum atomic E-state index is 2.60. The van der Waals surface area contributed by atoms with E-state index in [9.17, 15) is 0 Å². The number of rotatable bonds is 4. The molecular formula is C30H40NSi+. The summed E-state index contributed by atoms with van der Waals surface area (Å²) in [5.74, 6) is 0.744. The molecule has 0 atom stereocenters. The molecule has 0 N–H and O–H groups in total. The minimum absolute atomic E-state index is 0.744. The van der Waals surface area contributed by atoms with Crippen LogP contribution < -0.4 is 9.75 Å². The van der Waals surface area contributed by atoms with Gasteiger partial charge in [0.25, 0.3) is 0 Å². The molecule has 0 amide bonds. The standard InChI is InChI=1S/C30H40NSi/c1-22-14-15-24(23-10-6-5-7-11-23)21-29(22)30-28-17-16-27(20-25(28)18-19-31(30)2)32(3,4)26-12-8-9-13-26/h14-21,23,26H,5-13H2,1-4H3/q+1. The minimum Gasteiger partial charge on any atom is -0.200 e. The van der Waals surface area contributed by atoms with Crippen molar-refractivity contribution in [1.82, 2.24) is 0 Å². The molecule has 5 rings (SSSR count). The molecule has 2 aliphatic rings. The lowest BCUT2D eigenvalue weighted by Gasteiger charge is -2.30. The minimum atomic E-state index is -1.42. The molecular weight excluding hydrogens is 402 g/mol. The molecule has 2 heteroatoms. The van der Waals surface area contributed by atoms with E-state index >= 15 is 0 Å². The van der Waals surface area contributed by atoms with Gasteiger partial charge in [0.2, 0.25) is 5.69 Å². The van der Waals surface area contributed by atoms with Crippen LogP contribution in [0.3, 0.4) is 0 Å². The molecule has 1 nitrogen and oxygen atoms in total. The first-order valence-electron chi connectivity index (χ1n) is 13.0. The SMILES string of the molecule is Cc1ccc(C2CCCCC2)cc1-c1c2ccc([Si](C)(C)C3CCCC3)cc2cc[n+]1C. The van der Waals surface area contributed by atoms with E-state index in [1.807, 2.05) is 0 Å². The predicted molar refractivity (Wildman–Crippen MR) is 140 cm³/mol. The first-order valence-corrected chi connectivity index (χ1v) is 16.1. The van der Waals surface area contributed by atoms with Crippen LogP contribution in [-0.2, 0) is 7.05 Å². The first-order chi connectivity index (χ1) is 15.4. The maximum absolute atomic E-state index is 2.60. The second-order valence-electron chi connectivity index (χ2n) is 11.2. The number of fused-ring (bicyclic) bond motifs is 1. The zero-order valence-corrected chi connectivity index (χ0v) is 21.6. The monoisotopic (exact) mass is 442 g/mol. The van der Waals surface area contributed by atoms with Gasteiger partial charge in [0.05, 0.1) is 13.5 Å². The Morgan fingerprint density at radius 1 is 0.812 bits per heavy atom. The molecule has 0 aliphatic heterocycles. The third-order valence-corrected chi connectivity index (χ3v) is 13.3. The van der Waals surface area contributed by atoms with E-state index in [4.69, 9.17) is 0 Å². The van der Waals surface area contributed by atoms with Crippen molar-refractivity contribution in [3.05, 3.63) is 59.8 Å². The molecule has 0 unspecified atom stereocenters. The average Bonchev–Trinajstić information content (AvgIpc) is 3.36. The van der Waals surface area contributed by atoms with E-state index in [1.54, 1.807) is 10.8 Å². The molecule has 168 valence electrons. The van der Waals surface area contributed by atoms with Crippen LogP contribution in [0.15, 0.2) is 48.7 Å². The Labute approximate surface area is 195 Å². The lowest BCUT2D eigenvalue weighted by molar-refractivity contribution is -0.659. The molecule has 0 radical (unpaired) electrons. The number of benzene rings is 2. The number of aromatic nitrogens is 1. The van der Waals surface area contributed by atoms with Crippen LogP contribution in [0.1, 0.15) is 74.8 Å². The molecule has 0 bridgehead atoms. The fourth-order valence-electron chi connectivity index (χ4n) is 6.58. The number of nitrogens with zero attached hydrogens (tertiary/aromatic N) is 1. The van der Waals surface area contributed by atoms with Crippen LogP contribution in [0.25, 0.3) is 22.0 Å². The molecule has 2 aromatic carbocycles. The Bertz CT molecular complexity index is 1120. The highest BCUT2D eigenvalue weighted by Crippen LogP contribution is 2.39. The lowest BCUT2D eigenvalue weighted by Crippen LogP contribution is -2.45. The second-order valence-corrected chi connectivity index (χ2v) is 16.0. The molecule has 2 aliphatic carbocycles. The molecule has 0 spiro atoms. The van der Waals surface area contributed by atoms with Crippen molar-refractivity contribution in [2.24, 2.45) is 7.05 Å². The van der Waals surface area contributed by atoms with Crippen LogP contribution in [0.5, 0.6) is 0 Å². The second kappa shape index (κ2) is 8.78. The number of hydrogen-bond acceptors (Lipinski definition) is 0. The van der Waals surface area contributed by atoms with E-state index in [2.05, 4.69) is 80.3 Å². The summed E-state index contributed by atoms with van der Waals surface area (Å²) in [5.41, 5.74) is 6.69. The van der Waals surface area contributed by atoms with Gasteiger partial charge in [-0.25, -0.2) is 4.57 Å². The summed E-state index contributed by atoms with van der Waals surface area (Å²) in [6.45, 7) is 7.49. The largest absolute Gasteiger partial charge is 0.220 e. The van der Waals surface area contributed by atoms with Gasteiger partial charge in [0, 0.05) is 11.6 Å². The summed E-state index contributed by atoms with van der Waals surface area (Å²) in [6.07, 6.45) is 14.9. The average molecular weight is 443 g/mol. The molecule has 1 aromatic heterocycles. The zero-order chi connectivity index (χ0) is 22.3. The topological polar surface area (TPSA) is 3.88 Å². The highest BCUT2D eigenvalue weighted by atomic mass is 28.3. The normalized spacial score (nSPS) is 18.5. The Hall–Kier alpha value is -1.93. The van der Waals surface area contributed by atoms with Crippen LogP contribution in [-0.4, -0.2) is 8.07 Å². The van der Waals surface area contributed by atoms with Crippen molar-refractivity contribution in [1.29, 1.82) is 0 Å². The molecule has 3 aromatic rings. The zero-order valence-electron chi connectivity index (χ0n) is 20.6. The van der Waals surface area contributed by atoms with Crippen molar-refractivity contribution in [3.8, 4) is 11.3 Å². The van der Waals surface area contributed by atoms with Crippen molar-refractivity contribution < 1.29 is 4.57 Å². The van der Waals surface area contributed by atoms with Crippen LogP contribution in [0.4, 0.5) is 0 Å². The third-order valence-electron chi connectivity index (χ3n) is 8.85. The highest BCUT2D eigenvalue weighted by molar-refractivity contribution is 6.91. The summed E-state index contributed by atoms with van der Waals surface area (Å²) >= 11 is 0. The van der Waals surface area contributed by atoms with Gasteiger partial charge in [0.1, 0.15) is 7.05 Å². The fraction of sp³-hybridized carbons (Fsp3) is 0.500. The van der Waals surface area contributed by atoms with Crippen LogP contribution in [0.2, 0.25) is 18.6 Å². The van der Waals surface area contributed by atoms with Crippen molar-refractivity contribution >= 4 is 24.0 Å². The smallest absolute Gasteiger partial charge is 0.200 e. The Morgan fingerprint density at radius 2 is 1.53 bits per heavy atom. The number of hydrogen-bond donors (Lipinski definition) is 0. The summed E-state index contributed by atoms with van der Waals surface area (Å²) in [4.78, 5) is 0. The molecule has 2 saturated carbocycles. The summed E-state index contributed by atoms with van der Waals surface area (Å²) < 4.78 is 2.34. The van der Waals surface area contributed by atoms with Crippen molar-refractivity contribution in [2.75, 3.05) is 0 Å². The Morgan fingerprint density at radius 3 is 2.28 bits per heavy atom. The lowest BCUT2D eigenvalue weighted by atomic mass is 9.82. The summed E-state index contributed by atoms with van der Waals surface area (Å²) in [6, 6.07) is 17.1. The van der Waals surface area contributed by atoms with Gasteiger partial charge in [-0.2, -0.15) is 0 Å². The van der Waals surface area contributed by atoms with Gasteiger partial charge in [-0.1, -0.05) is 87.5 Å². The van der Waals surface area contributed by atoms with E-state index in [0.29, 0.717) is 0 Å².